The summed E-state index contributed by atoms with van der Waals surface area (Å²) >= 11 is 11.8. The van der Waals surface area contributed by atoms with Crippen LogP contribution in [0.1, 0.15) is 26.7 Å². The van der Waals surface area contributed by atoms with Gasteiger partial charge in [0.1, 0.15) is 4.87 Å². The van der Waals surface area contributed by atoms with Crippen LogP contribution in [0.3, 0.4) is 0 Å². The number of alkyl halides is 1. The second-order valence-corrected chi connectivity index (χ2v) is 4.36. The monoisotopic (exact) mass is 207 g/mol. The summed E-state index contributed by atoms with van der Waals surface area (Å²) in [5.74, 6) is -0.162. The van der Waals surface area contributed by atoms with E-state index in [1.807, 2.05) is 6.92 Å². The predicted molar refractivity (Wildman–Crippen MR) is 50.2 cm³/mol. The van der Waals surface area contributed by atoms with Crippen LogP contribution in [0, 0.1) is 0 Å². The van der Waals surface area contributed by atoms with Gasteiger partial charge in [0.05, 0.1) is 0 Å². The van der Waals surface area contributed by atoms with Gasteiger partial charge in [-0.2, -0.15) is 0 Å². The van der Waals surface area contributed by atoms with Gasteiger partial charge in [-0.15, -0.1) is 11.6 Å². The normalized spacial score (nSPS) is 30.5. The van der Waals surface area contributed by atoms with Crippen LogP contribution in [0.5, 0.6) is 0 Å². The summed E-state index contributed by atoms with van der Waals surface area (Å²) in [6, 6.07) is 0. The Kier molecular flexibility index (Phi) is 2.69. The van der Waals surface area contributed by atoms with Gasteiger partial charge in [-0.05, 0) is 13.3 Å². The molecular weight excluding hydrogens is 197 g/mol. The fourth-order valence-corrected chi connectivity index (χ4v) is 1.79. The molecule has 0 saturated heterocycles. The molecule has 68 valence electrons. The van der Waals surface area contributed by atoms with Gasteiger partial charge >= 0.3 is 0 Å². The highest BCUT2D eigenvalue weighted by Gasteiger charge is 2.36. The van der Waals surface area contributed by atoms with Gasteiger partial charge in [-0.25, -0.2) is 0 Å². The molecule has 0 radical (unpaired) electrons. The third kappa shape index (κ3) is 1.75. The number of allylic oxidation sites excluding steroid dienone is 2. The first-order chi connectivity index (χ1) is 5.47. The molecule has 0 aliphatic carbocycles. The molecule has 4 heteroatoms. The molecule has 1 rings (SSSR count). The van der Waals surface area contributed by atoms with Gasteiger partial charge in [0.15, 0.2) is 0 Å². The maximum atomic E-state index is 11.3. The second-order valence-electron chi connectivity index (χ2n) is 3.07. The Balaban J connectivity index is 2.91. The van der Waals surface area contributed by atoms with E-state index in [1.165, 1.54) is 0 Å². The van der Waals surface area contributed by atoms with Crippen LogP contribution in [0.2, 0.25) is 0 Å². The van der Waals surface area contributed by atoms with Gasteiger partial charge in [0.25, 0.3) is 0 Å². The molecule has 1 amide bonds. The van der Waals surface area contributed by atoms with Gasteiger partial charge in [-0.3, -0.25) is 4.79 Å². The van der Waals surface area contributed by atoms with Crippen LogP contribution in [0.25, 0.3) is 0 Å². The zero-order valence-corrected chi connectivity index (χ0v) is 8.59. The summed E-state index contributed by atoms with van der Waals surface area (Å²) in [7, 11) is 0. The standard InChI is InChI=1S/C8H11Cl2NO/c1-3-6-5(9)4-8(2,10)7(12)11-6/h3-4H2,1-2H3,(H,11,12). The second kappa shape index (κ2) is 3.27. The van der Waals surface area contributed by atoms with E-state index in [0.717, 1.165) is 12.1 Å². The Labute approximate surface area is 81.9 Å². The van der Waals surface area contributed by atoms with Gasteiger partial charge in [0, 0.05) is 17.2 Å². The van der Waals surface area contributed by atoms with Crippen molar-refractivity contribution >= 4 is 29.1 Å². The molecule has 0 fully saturated rings. The maximum absolute atomic E-state index is 11.3. The van der Waals surface area contributed by atoms with Crippen molar-refractivity contribution in [1.29, 1.82) is 0 Å². The van der Waals surface area contributed by atoms with Crippen molar-refractivity contribution in [3.05, 3.63) is 10.7 Å². The lowest BCUT2D eigenvalue weighted by Crippen LogP contribution is -2.43. The number of hydrogen-bond donors (Lipinski definition) is 1. The molecule has 0 aromatic heterocycles. The molecule has 0 bridgehead atoms. The highest BCUT2D eigenvalue weighted by molar-refractivity contribution is 6.38. The summed E-state index contributed by atoms with van der Waals surface area (Å²) in [4.78, 5) is 10.4. The van der Waals surface area contributed by atoms with Crippen LogP contribution >= 0.6 is 23.2 Å². The van der Waals surface area contributed by atoms with E-state index in [0.29, 0.717) is 11.5 Å². The molecule has 1 aliphatic rings. The van der Waals surface area contributed by atoms with E-state index >= 15 is 0 Å². The molecule has 1 unspecified atom stereocenters. The van der Waals surface area contributed by atoms with Crippen LogP contribution in [0.4, 0.5) is 0 Å². The molecule has 1 heterocycles. The van der Waals surface area contributed by atoms with Crippen molar-refractivity contribution in [2.24, 2.45) is 0 Å². The molecule has 1 aliphatic heterocycles. The van der Waals surface area contributed by atoms with Crippen molar-refractivity contribution in [1.82, 2.24) is 5.32 Å². The number of carbonyl (C=O) groups excluding carboxylic acids is 1. The molecule has 1 atom stereocenters. The van der Waals surface area contributed by atoms with E-state index in [9.17, 15) is 4.79 Å². The third-order valence-electron chi connectivity index (χ3n) is 1.91. The summed E-state index contributed by atoms with van der Waals surface area (Å²) < 4.78 is 0. The summed E-state index contributed by atoms with van der Waals surface area (Å²) in [6.45, 7) is 3.60. The Morgan fingerprint density at radius 3 is 2.75 bits per heavy atom. The molecule has 0 saturated carbocycles. The fourth-order valence-electron chi connectivity index (χ4n) is 1.09. The minimum absolute atomic E-state index is 0.162. The smallest absolute Gasteiger partial charge is 0.245 e. The zero-order valence-electron chi connectivity index (χ0n) is 7.08. The lowest BCUT2D eigenvalue weighted by Gasteiger charge is -2.27. The molecule has 2 nitrogen and oxygen atoms in total. The highest BCUT2D eigenvalue weighted by atomic mass is 35.5. The Morgan fingerprint density at radius 2 is 2.25 bits per heavy atom. The first-order valence-corrected chi connectivity index (χ1v) is 4.61. The van der Waals surface area contributed by atoms with E-state index in [-0.39, 0.29) is 5.91 Å². The van der Waals surface area contributed by atoms with Crippen LogP contribution in [-0.4, -0.2) is 10.8 Å². The Morgan fingerprint density at radius 1 is 1.67 bits per heavy atom. The Hall–Kier alpha value is -0.210. The number of nitrogens with one attached hydrogen (secondary N) is 1. The molecule has 0 spiro atoms. The molecule has 0 aromatic rings. The summed E-state index contributed by atoms with van der Waals surface area (Å²) in [5, 5.41) is 3.34. The average Bonchev–Trinajstić information content (AvgIpc) is 1.96. The number of hydrogen-bond acceptors (Lipinski definition) is 1. The molecule has 12 heavy (non-hydrogen) atoms. The van der Waals surface area contributed by atoms with Gasteiger partial charge < -0.3 is 5.32 Å². The number of halogens is 2. The predicted octanol–water partition coefficient (Wildman–Crippen LogP) is 2.36. The topological polar surface area (TPSA) is 29.1 Å². The minimum Gasteiger partial charge on any atom is -0.327 e. The average molecular weight is 208 g/mol. The summed E-state index contributed by atoms with van der Waals surface area (Å²) in [5.41, 5.74) is 0.791. The molecular formula is C8H11Cl2NO. The van der Waals surface area contributed by atoms with E-state index < -0.39 is 4.87 Å². The van der Waals surface area contributed by atoms with Crippen LogP contribution in [0.15, 0.2) is 10.7 Å². The fraction of sp³-hybridized carbons (Fsp3) is 0.625. The zero-order chi connectivity index (χ0) is 9.35. The van der Waals surface area contributed by atoms with Gasteiger partial charge in [-0.1, -0.05) is 18.5 Å². The first kappa shape index (κ1) is 9.87. The number of carbonyl (C=O) groups is 1. The van der Waals surface area contributed by atoms with Crippen molar-refractivity contribution in [3.63, 3.8) is 0 Å². The molecule has 0 aromatic carbocycles. The molecule has 1 N–H and O–H groups in total. The SMILES string of the molecule is CCC1=C(Cl)CC(C)(Cl)C(=O)N1. The van der Waals surface area contributed by atoms with Gasteiger partial charge in [0.2, 0.25) is 5.91 Å². The van der Waals surface area contributed by atoms with Crippen LogP contribution in [-0.2, 0) is 4.79 Å². The van der Waals surface area contributed by atoms with E-state index in [2.05, 4.69) is 5.32 Å². The van der Waals surface area contributed by atoms with E-state index in [4.69, 9.17) is 23.2 Å². The Bertz CT molecular complexity index is 245. The summed E-state index contributed by atoms with van der Waals surface area (Å²) in [6.07, 6.45) is 1.16. The quantitative estimate of drug-likeness (QED) is 0.658. The minimum atomic E-state index is -0.879. The lowest BCUT2D eigenvalue weighted by atomic mass is 10.0. The highest BCUT2D eigenvalue weighted by Crippen LogP contribution is 2.32. The first-order valence-electron chi connectivity index (χ1n) is 3.85. The number of rotatable bonds is 1. The van der Waals surface area contributed by atoms with Crippen molar-refractivity contribution in [2.45, 2.75) is 31.6 Å². The largest absolute Gasteiger partial charge is 0.327 e. The van der Waals surface area contributed by atoms with Crippen molar-refractivity contribution in [2.75, 3.05) is 0 Å². The van der Waals surface area contributed by atoms with Crippen LogP contribution < -0.4 is 5.32 Å². The third-order valence-corrected chi connectivity index (χ3v) is 2.57. The number of amides is 1. The maximum Gasteiger partial charge on any atom is 0.245 e. The lowest BCUT2D eigenvalue weighted by molar-refractivity contribution is -0.123. The van der Waals surface area contributed by atoms with Crippen molar-refractivity contribution < 1.29 is 4.79 Å². The van der Waals surface area contributed by atoms with Crippen molar-refractivity contribution in [3.8, 4) is 0 Å². The van der Waals surface area contributed by atoms with E-state index in [1.54, 1.807) is 6.92 Å².